The number of carboxylic acids is 2. The number of aliphatic carboxylic acids is 1. The summed E-state index contributed by atoms with van der Waals surface area (Å²) in [6.45, 7) is 0. The second kappa shape index (κ2) is 6.92. The summed E-state index contributed by atoms with van der Waals surface area (Å²) in [7, 11) is 0. The van der Waals surface area contributed by atoms with Crippen LogP contribution in [0.5, 0.6) is 0 Å². The van der Waals surface area contributed by atoms with Crippen molar-refractivity contribution in [1.29, 1.82) is 0 Å². The Balaban J connectivity index is 2.40. The molecule has 2 rings (SSSR count). The fraction of sp³-hybridized carbons (Fsp3) is 0.200. The highest BCUT2D eigenvalue weighted by Gasteiger charge is 2.27. The molecular weight excluding hydrogens is 318 g/mol. The van der Waals surface area contributed by atoms with Gasteiger partial charge in [-0.25, -0.2) is 9.59 Å². The number of carbonyl (C=O) groups is 2. The molecule has 9 heteroatoms. The van der Waals surface area contributed by atoms with Gasteiger partial charge in [-0.2, -0.15) is 0 Å². The molecule has 1 unspecified atom stereocenters. The minimum absolute atomic E-state index is 0.0688. The van der Waals surface area contributed by atoms with E-state index in [1.54, 1.807) is 0 Å². The molecule has 0 aliphatic carbocycles. The smallest absolute Gasteiger partial charge is 0.335 e. The third kappa shape index (κ3) is 3.76. The number of rotatable bonds is 6. The van der Waals surface area contributed by atoms with Crippen molar-refractivity contribution in [3.05, 3.63) is 68.5 Å². The van der Waals surface area contributed by atoms with Crippen LogP contribution in [-0.4, -0.2) is 37.7 Å². The summed E-state index contributed by atoms with van der Waals surface area (Å²) in [5.74, 6) is -2.39. The van der Waals surface area contributed by atoms with E-state index in [2.05, 4.69) is 0 Å². The minimum atomic E-state index is -1.40. The standard InChI is InChI=1S/C15H15N3O6/c16-12(14(22)23)10(18-6-5-11(19)17-15(18)24)7-8-1-3-9(4-2-8)13(20)21/h1-6,10,12H,7,16H2,(H,20,21)(H,22,23)(H,17,19,24)/t10-,12?/m0/s1. The number of carboxylic acid groups (broad SMARTS) is 2. The Kier molecular flexibility index (Phi) is 4.95. The van der Waals surface area contributed by atoms with Gasteiger partial charge in [-0.3, -0.25) is 19.1 Å². The summed E-state index contributed by atoms with van der Waals surface area (Å²) in [5.41, 5.74) is 4.98. The van der Waals surface area contributed by atoms with Crippen molar-refractivity contribution in [2.75, 3.05) is 0 Å². The van der Waals surface area contributed by atoms with Crippen LogP contribution in [0.3, 0.4) is 0 Å². The maximum absolute atomic E-state index is 11.9. The first-order chi connectivity index (χ1) is 11.3. The molecular formula is C15H15N3O6. The first-order valence-corrected chi connectivity index (χ1v) is 6.91. The van der Waals surface area contributed by atoms with Crippen molar-refractivity contribution >= 4 is 11.9 Å². The lowest BCUT2D eigenvalue weighted by atomic mass is 9.98. The van der Waals surface area contributed by atoms with Crippen LogP contribution in [0.1, 0.15) is 22.0 Å². The predicted octanol–water partition coefficient (Wildman–Crippen LogP) is -0.570. The van der Waals surface area contributed by atoms with Gasteiger partial charge in [0.2, 0.25) is 0 Å². The molecule has 1 heterocycles. The van der Waals surface area contributed by atoms with Crippen LogP contribution >= 0.6 is 0 Å². The predicted molar refractivity (Wildman–Crippen MR) is 83.1 cm³/mol. The lowest BCUT2D eigenvalue weighted by Crippen LogP contribution is -2.45. The highest BCUT2D eigenvalue weighted by molar-refractivity contribution is 5.87. The number of hydrogen-bond donors (Lipinski definition) is 4. The SMILES string of the molecule is NC(C(=O)O)[C@H](Cc1ccc(C(=O)O)cc1)n1ccc(=O)[nH]c1=O. The van der Waals surface area contributed by atoms with E-state index >= 15 is 0 Å². The summed E-state index contributed by atoms with van der Waals surface area (Å²) in [5, 5.41) is 18.0. The van der Waals surface area contributed by atoms with Gasteiger partial charge in [-0.1, -0.05) is 12.1 Å². The van der Waals surface area contributed by atoms with Crippen molar-refractivity contribution in [3.63, 3.8) is 0 Å². The summed E-state index contributed by atoms with van der Waals surface area (Å²) >= 11 is 0. The van der Waals surface area contributed by atoms with Crippen molar-refractivity contribution in [3.8, 4) is 0 Å². The van der Waals surface area contributed by atoms with E-state index in [1.807, 2.05) is 4.98 Å². The largest absolute Gasteiger partial charge is 0.480 e. The van der Waals surface area contributed by atoms with Gasteiger partial charge in [0.1, 0.15) is 6.04 Å². The molecule has 0 bridgehead atoms. The van der Waals surface area contributed by atoms with E-state index in [9.17, 15) is 19.2 Å². The van der Waals surface area contributed by atoms with Crippen LogP contribution in [0.15, 0.2) is 46.1 Å². The number of H-pyrrole nitrogens is 1. The average Bonchev–Trinajstić information content (AvgIpc) is 2.53. The first kappa shape index (κ1) is 17.2. The Morgan fingerprint density at radius 1 is 1.12 bits per heavy atom. The van der Waals surface area contributed by atoms with E-state index in [1.165, 1.54) is 30.5 Å². The van der Waals surface area contributed by atoms with Crippen LogP contribution in [0.2, 0.25) is 0 Å². The molecule has 0 aliphatic rings. The number of aromatic carboxylic acids is 1. The summed E-state index contributed by atoms with van der Waals surface area (Å²) < 4.78 is 1.05. The Bertz CT molecular complexity index is 868. The fourth-order valence-corrected chi connectivity index (χ4v) is 2.28. The molecule has 2 atom stereocenters. The minimum Gasteiger partial charge on any atom is -0.480 e. The van der Waals surface area contributed by atoms with Gasteiger partial charge in [-0.05, 0) is 24.1 Å². The topological polar surface area (TPSA) is 155 Å². The van der Waals surface area contributed by atoms with Crippen LogP contribution in [-0.2, 0) is 11.2 Å². The average molecular weight is 333 g/mol. The third-order valence-corrected chi connectivity index (χ3v) is 3.55. The second-order valence-corrected chi connectivity index (χ2v) is 5.15. The summed E-state index contributed by atoms with van der Waals surface area (Å²) in [4.78, 5) is 47.2. The molecule has 0 aliphatic heterocycles. The van der Waals surface area contributed by atoms with Gasteiger partial charge in [0.15, 0.2) is 0 Å². The number of benzene rings is 1. The number of hydrogen-bond acceptors (Lipinski definition) is 5. The van der Waals surface area contributed by atoms with Crippen LogP contribution in [0, 0.1) is 0 Å². The molecule has 1 aromatic carbocycles. The Morgan fingerprint density at radius 2 is 1.75 bits per heavy atom. The van der Waals surface area contributed by atoms with Crippen molar-refractivity contribution in [2.45, 2.75) is 18.5 Å². The van der Waals surface area contributed by atoms with Crippen molar-refractivity contribution in [1.82, 2.24) is 9.55 Å². The van der Waals surface area contributed by atoms with Crippen LogP contribution < -0.4 is 17.0 Å². The van der Waals surface area contributed by atoms with E-state index < -0.39 is 35.3 Å². The van der Waals surface area contributed by atoms with Gasteiger partial charge in [0.05, 0.1) is 11.6 Å². The molecule has 0 saturated carbocycles. The highest BCUT2D eigenvalue weighted by atomic mass is 16.4. The molecule has 0 fully saturated rings. The van der Waals surface area contributed by atoms with Gasteiger partial charge in [0.25, 0.3) is 5.56 Å². The van der Waals surface area contributed by atoms with E-state index in [0.29, 0.717) is 5.56 Å². The number of nitrogens with one attached hydrogen (secondary N) is 1. The number of nitrogens with two attached hydrogens (primary N) is 1. The number of aromatic nitrogens is 2. The first-order valence-electron chi connectivity index (χ1n) is 6.91. The van der Waals surface area contributed by atoms with Gasteiger partial charge in [0, 0.05) is 12.3 Å². The third-order valence-electron chi connectivity index (χ3n) is 3.55. The monoisotopic (exact) mass is 333 g/mol. The fourth-order valence-electron chi connectivity index (χ4n) is 2.28. The van der Waals surface area contributed by atoms with E-state index in [-0.39, 0.29) is 12.0 Å². The molecule has 2 aromatic rings. The molecule has 5 N–H and O–H groups in total. The van der Waals surface area contributed by atoms with Crippen LogP contribution in [0.25, 0.3) is 0 Å². The zero-order chi connectivity index (χ0) is 17.9. The molecule has 0 radical (unpaired) electrons. The number of nitrogens with zero attached hydrogens (tertiary/aromatic N) is 1. The summed E-state index contributed by atoms with van der Waals surface area (Å²) in [6, 6.07) is 4.52. The zero-order valence-electron chi connectivity index (χ0n) is 12.4. The Labute approximate surface area is 135 Å². The molecule has 1 aromatic heterocycles. The lowest BCUT2D eigenvalue weighted by molar-refractivity contribution is -0.139. The number of aromatic amines is 1. The molecule has 24 heavy (non-hydrogen) atoms. The highest BCUT2D eigenvalue weighted by Crippen LogP contribution is 2.17. The van der Waals surface area contributed by atoms with E-state index in [4.69, 9.17) is 15.9 Å². The van der Waals surface area contributed by atoms with E-state index in [0.717, 1.165) is 10.6 Å². The molecule has 0 amide bonds. The lowest BCUT2D eigenvalue weighted by Gasteiger charge is -2.23. The summed E-state index contributed by atoms with van der Waals surface area (Å²) in [6.07, 6.45) is 1.25. The maximum Gasteiger partial charge on any atom is 0.335 e. The molecule has 0 saturated heterocycles. The van der Waals surface area contributed by atoms with Gasteiger partial charge < -0.3 is 15.9 Å². The Hall–Kier alpha value is -3.20. The van der Waals surface area contributed by atoms with Gasteiger partial charge in [-0.15, -0.1) is 0 Å². The maximum atomic E-state index is 11.9. The van der Waals surface area contributed by atoms with Crippen molar-refractivity contribution in [2.24, 2.45) is 5.73 Å². The molecule has 0 spiro atoms. The van der Waals surface area contributed by atoms with Crippen molar-refractivity contribution < 1.29 is 19.8 Å². The van der Waals surface area contributed by atoms with Gasteiger partial charge >= 0.3 is 17.6 Å². The normalized spacial score (nSPS) is 13.2. The molecule has 126 valence electrons. The van der Waals surface area contributed by atoms with Crippen LogP contribution in [0.4, 0.5) is 0 Å². The quantitative estimate of drug-likeness (QED) is 0.551. The zero-order valence-corrected chi connectivity index (χ0v) is 12.4. The second-order valence-electron chi connectivity index (χ2n) is 5.15. The Morgan fingerprint density at radius 3 is 2.25 bits per heavy atom. The molecule has 9 nitrogen and oxygen atoms in total.